The number of halogens is 1. The molecule has 1 atom stereocenters. The van der Waals surface area contributed by atoms with Gasteiger partial charge < -0.3 is 9.64 Å². The Morgan fingerprint density at radius 2 is 2.39 bits per heavy atom. The Kier molecular flexibility index (Phi) is 3.92. The first-order valence-corrected chi connectivity index (χ1v) is 6.97. The topological polar surface area (TPSA) is 46.6 Å². The van der Waals surface area contributed by atoms with Gasteiger partial charge in [0.05, 0.1) is 12.7 Å². The van der Waals surface area contributed by atoms with E-state index in [1.54, 1.807) is 11.0 Å². The van der Waals surface area contributed by atoms with Crippen LogP contribution in [-0.2, 0) is 9.53 Å². The van der Waals surface area contributed by atoms with E-state index < -0.39 is 5.97 Å². The van der Waals surface area contributed by atoms with Crippen molar-refractivity contribution in [1.82, 2.24) is 0 Å². The molecule has 2 rings (SSSR count). The van der Waals surface area contributed by atoms with E-state index in [1.807, 2.05) is 6.92 Å². The summed E-state index contributed by atoms with van der Waals surface area (Å²) in [4.78, 5) is 26.2. The van der Waals surface area contributed by atoms with Gasteiger partial charge in [-0.05, 0) is 18.9 Å². The third kappa shape index (κ3) is 2.37. The van der Waals surface area contributed by atoms with Crippen molar-refractivity contribution in [3.05, 3.63) is 16.5 Å². The molecule has 1 saturated heterocycles. The second kappa shape index (κ2) is 5.28. The fraction of sp³-hybridized carbons (Fsp3) is 0.500. The van der Waals surface area contributed by atoms with Crippen molar-refractivity contribution in [3.8, 4) is 0 Å². The molecule has 1 aromatic rings. The smallest absolute Gasteiger partial charge is 0.340 e. The van der Waals surface area contributed by atoms with Crippen LogP contribution < -0.4 is 4.90 Å². The maximum atomic E-state index is 11.9. The SMILES string of the molecule is COC(=O)c1cc(C)sc1N1CC(CCl)CC1=O. The van der Waals surface area contributed by atoms with Crippen molar-refractivity contribution in [3.63, 3.8) is 0 Å². The Morgan fingerprint density at radius 1 is 1.67 bits per heavy atom. The number of rotatable bonds is 3. The molecule has 1 aliphatic heterocycles. The van der Waals surface area contributed by atoms with Crippen molar-refractivity contribution in [2.24, 2.45) is 5.92 Å². The van der Waals surface area contributed by atoms with Gasteiger partial charge in [-0.2, -0.15) is 0 Å². The zero-order valence-corrected chi connectivity index (χ0v) is 11.8. The lowest BCUT2D eigenvalue weighted by molar-refractivity contribution is -0.117. The largest absolute Gasteiger partial charge is 0.465 e. The van der Waals surface area contributed by atoms with Gasteiger partial charge >= 0.3 is 5.97 Å². The van der Waals surface area contributed by atoms with Crippen LogP contribution in [-0.4, -0.2) is 31.4 Å². The van der Waals surface area contributed by atoms with Crippen molar-refractivity contribution in [2.45, 2.75) is 13.3 Å². The van der Waals surface area contributed by atoms with Crippen LogP contribution in [0.5, 0.6) is 0 Å². The van der Waals surface area contributed by atoms with Crippen molar-refractivity contribution < 1.29 is 14.3 Å². The molecule has 0 bridgehead atoms. The Balaban J connectivity index is 2.33. The average molecular weight is 288 g/mol. The molecule has 1 fully saturated rings. The summed E-state index contributed by atoms with van der Waals surface area (Å²) in [5.74, 6) is 0.233. The number of hydrogen-bond donors (Lipinski definition) is 0. The van der Waals surface area contributed by atoms with E-state index in [0.29, 0.717) is 29.4 Å². The summed E-state index contributed by atoms with van der Waals surface area (Å²) in [5, 5.41) is 0.678. The summed E-state index contributed by atoms with van der Waals surface area (Å²) in [6, 6.07) is 1.76. The summed E-state index contributed by atoms with van der Waals surface area (Å²) in [6.07, 6.45) is 0.445. The van der Waals surface area contributed by atoms with Crippen molar-refractivity contribution >= 4 is 39.8 Å². The lowest BCUT2D eigenvalue weighted by Crippen LogP contribution is -2.25. The normalized spacial score (nSPS) is 19.4. The minimum Gasteiger partial charge on any atom is -0.465 e. The molecule has 98 valence electrons. The summed E-state index contributed by atoms with van der Waals surface area (Å²) in [6.45, 7) is 2.48. The van der Waals surface area contributed by atoms with Crippen LogP contribution in [0.25, 0.3) is 0 Å². The predicted octanol–water partition coefficient (Wildman–Crippen LogP) is 2.43. The maximum Gasteiger partial charge on any atom is 0.340 e. The molecule has 1 amide bonds. The van der Waals surface area contributed by atoms with Gasteiger partial charge in [0.25, 0.3) is 0 Å². The third-order valence-corrected chi connectivity index (χ3v) is 4.42. The van der Waals surface area contributed by atoms with Gasteiger partial charge in [-0.15, -0.1) is 22.9 Å². The molecule has 0 aliphatic carbocycles. The lowest BCUT2D eigenvalue weighted by atomic mass is 10.1. The molecule has 1 aliphatic rings. The highest BCUT2D eigenvalue weighted by molar-refractivity contribution is 7.16. The highest BCUT2D eigenvalue weighted by atomic mass is 35.5. The second-order valence-electron chi connectivity index (χ2n) is 4.30. The number of carbonyl (C=O) groups excluding carboxylic acids is 2. The number of methoxy groups -OCH3 is 1. The molecule has 6 heteroatoms. The van der Waals surface area contributed by atoms with Gasteiger partial charge in [0.2, 0.25) is 5.91 Å². The highest BCUT2D eigenvalue weighted by Gasteiger charge is 2.33. The van der Waals surface area contributed by atoms with Crippen LogP contribution >= 0.6 is 22.9 Å². The number of ether oxygens (including phenoxy) is 1. The average Bonchev–Trinajstić information content (AvgIpc) is 2.91. The number of nitrogens with zero attached hydrogens (tertiary/aromatic N) is 1. The summed E-state index contributed by atoms with van der Waals surface area (Å²) in [7, 11) is 1.34. The number of aryl methyl sites for hydroxylation is 1. The minimum atomic E-state index is -0.406. The van der Waals surface area contributed by atoms with Gasteiger partial charge in [-0.3, -0.25) is 4.79 Å². The fourth-order valence-corrected chi connectivity index (χ4v) is 3.27. The zero-order valence-electron chi connectivity index (χ0n) is 10.2. The van der Waals surface area contributed by atoms with E-state index in [4.69, 9.17) is 16.3 Å². The molecule has 0 radical (unpaired) electrons. The van der Waals surface area contributed by atoms with Crippen LogP contribution in [0.15, 0.2) is 6.07 Å². The Hall–Kier alpha value is -1.07. The molecule has 0 aromatic carbocycles. The number of anilines is 1. The summed E-state index contributed by atoms with van der Waals surface area (Å²) >= 11 is 7.23. The molecule has 2 heterocycles. The van der Waals surface area contributed by atoms with Gasteiger partial charge in [0.15, 0.2) is 0 Å². The number of alkyl halides is 1. The summed E-state index contributed by atoms with van der Waals surface area (Å²) in [5.41, 5.74) is 0.462. The van der Waals surface area contributed by atoms with E-state index in [1.165, 1.54) is 18.4 Å². The number of thiophene rings is 1. The van der Waals surface area contributed by atoms with Crippen LogP contribution in [0.1, 0.15) is 21.7 Å². The first-order valence-electron chi connectivity index (χ1n) is 5.62. The van der Waals surface area contributed by atoms with Crippen molar-refractivity contribution in [1.29, 1.82) is 0 Å². The Labute approximate surface area is 114 Å². The van der Waals surface area contributed by atoms with E-state index in [0.717, 1.165) is 4.88 Å². The number of esters is 1. The predicted molar refractivity (Wildman–Crippen MR) is 71.6 cm³/mol. The van der Waals surface area contributed by atoms with Crippen LogP contribution in [0.2, 0.25) is 0 Å². The number of carbonyl (C=O) groups is 2. The summed E-state index contributed by atoms with van der Waals surface area (Å²) < 4.78 is 4.74. The molecule has 0 spiro atoms. The maximum absolute atomic E-state index is 11.9. The standard InChI is InChI=1S/C12H14ClNO3S/c1-7-3-9(12(16)17-2)11(18-7)14-6-8(5-13)4-10(14)15/h3,8H,4-6H2,1-2H3. The molecule has 18 heavy (non-hydrogen) atoms. The number of amides is 1. The van der Waals surface area contributed by atoms with E-state index in [9.17, 15) is 9.59 Å². The molecular formula is C12H14ClNO3S. The Morgan fingerprint density at radius 3 is 2.94 bits per heavy atom. The zero-order chi connectivity index (χ0) is 13.3. The molecule has 1 unspecified atom stereocenters. The molecule has 0 saturated carbocycles. The number of hydrogen-bond acceptors (Lipinski definition) is 4. The fourth-order valence-electron chi connectivity index (χ4n) is 2.04. The molecule has 0 N–H and O–H groups in total. The first kappa shape index (κ1) is 13.4. The van der Waals surface area contributed by atoms with E-state index in [-0.39, 0.29) is 11.8 Å². The van der Waals surface area contributed by atoms with E-state index in [2.05, 4.69) is 0 Å². The highest BCUT2D eigenvalue weighted by Crippen LogP contribution is 2.35. The van der Waals surface area contributed by atoms with Gasteiger partial charge in [0.1, 0.15) is 5.00 Å². The van der Waals surface area contributed by atoms with Crippen LogP contribution in [0, 0.1) is 12.8 Å². The van der Waals surface area contributed by atoms with Gasteiger partial charge in [-0.1, -0.05) is 0 Å². The monoisotopic (exact) mass is 287 g/mol. The minimum absolute atomic E-state index is 0.0210. The lowest BCUT2D eigenvalue weighted by Gasteiger charge is -2.15. The third-order valence-electron chi connectivity index (χ3n) is 2.91. The first-order chi connectivity index (χ1) is 8.56. The molecular weight excluding hydrogens is 274 g/mol. The molecule has 1 aromatic heterocycles. The van der Waals surface area contributed by atoms with Gasteiger partial charge in [-0.25, -0.2) is 4.79 Å². The van der Waals surface area contributed by atoms with Crippen LogP contribution in [0.4, 0.5) is 5.00 Å². The molecule has 4 nitrogen and oxygen atoms in total. The van der Waals surface area contributed by atoms with E-state index >= 15 is 0 Å². The Bertz CT molecular complexity index is 486. The quantitative estimate of drug-likeness (QED) is 0.634. The van der Waals surface area contributed by atoms with Gasteiger partial charge in [0, 0.05) is 23.7 Å². The van der Waals surface area contributed by atoms with Crippen LogP contribution in [0.3, 0.4) is 0 Å². The second-order valence-corrected chi connectivity index (χ2v) is 5.84. The van der Waals surface area contributed by atoms with Crippen molar-refractivity contribution in [2.75, 3.05) is 24.4 Å².